The van der Waals surface area contributed by atoms with Gasteiger partial charge in [0, 0.05) is 31.7 Å². The number of ketones is 1. The van der Waals surface area contributed by atoms with E-state index in [-0.39, 0.29) is 11.3 Å². The number of morpholine rings is 1. The van der Waals surface area contributed by atoms with Gasteiger partial charge in [0.25, 0.3) is 11.7 Å². The molecule has 0 bridgehead atoms. The summed E-state index contributed by atoms with van der Waals surface area (Å²) in [6.07, 6.45) is 3.21. The number of benzene rings is 2. The molecule has 2 aromatic rings. The first kappa shape index (κ1) is 27.4. The fraction of sp³-hybridized carbons (Fsp3) is 0.400. The smallest absolute Gasteiger partial charge is 0.295 e. The van der Waals surface area contributed by atoms with Crippen molar-refractivity contribution in [3.05, 3.63) is 77.9 Å². The number of Topliss-reactive ketones (excluding diaryl/α,β-unsaturated/α-hetero) is 1. The van der Waals surface area contributed by atoms with Crippen molar-refractivity contribution in [3.8, 4) is 11.5 Å². The molecule has 2 fully saturated rings. The van der Waals surface area contributed by atoms with Crippen LogP contribution >= 0.6 is 0 Å². The Bertz CT molecular complexity index is 1150. The first-order chi connectivity index (χ1) is 18.5. The second-order valence-corrected chi connectivity index (χ2v) is 9.35. The summed E-state index contributed by atoms with van der Waals surface area (Å²) in [6, 6.07) is 13.5. The third kappa shape index (κ3) is 6.44. The van der Waals surface area contributed by atoms with Gasteiger partial charge in [0.05, 0.1) is 31.4 Å². The monoisotopic (exact) mass is 520 g/mol. The molecule has 1 atom stereocenters. The standard InChI is InChI=1S/C30H36N2O6/c1-3-17-37-24-11-9-22(10-12-24)27-26(28(33)23-7-5-8-25(21-23)38-18-4-2)29(34)30(35)32(27)14-6-13-31-15-19-36-20-16-31/h3,5,7-12,21,27,33H,1,4,6,13-20H2,2H3. The molecule has 2 aliphatic rings. The second-order valence-electron chi connectivity index (χ2n) is 9.35. The van der Waals surface area contributed by atoms with Gasteiger partial charge in [-0.15, -0.1) is 0 Å². The van der Waals surface area contributed by atoms with Gasteiger partial charge in [-0.25, -0.2) is 0 Å². The molecular weight excluding hydrogens is 484 g/mol. The Kier molecular flexibility index (Phi) is 9.56. The molecule has 202 valence electrons. The lowest BCUT2D eigenvalue weighted by Crippen LogP contribution is -2.38. The molecule has 4 rings (SSSR count). The van der Waals surface area contributed by atoms with E-state index in [0.717, 1.165) is 31.6 Å². The number of aliphatic hydroxyl groups excluding tert-OH is 1. The van der Waals surface area contributed by atoms with E-state index in [1.807, 2.05) is 19.1 Å². The van der Waals surface area contributed by atoms with Gasteiger partial charge >= 0.3 is 0 Å². The van der Waals surface area contributed by atoms with Crippen molar-refractivity contribution in [2.24, 2.45) is 0 Å². The number of aliphatic hydroxyl groups is 1. The molecule has 0 aromatic heterocycles. The highest BCUT2D eigenvalue weighted by atomic mass is 16.5. The summed E-state index contributed by atoms with van der Waals surface area (Å²) in [4.78, 5) is 30.5. The lowest BCUT2D eigenvalue weighted by atomic mass is 9.95. The van der Waals surface area contributed by atoms with E-state index in [0.29, 0.717) is 56.5 Å². The number of hydrogen-bond acceptors (Lipinski definition) is 7. The molecule has 2 aromatic carbocycles. The highest BCUT2D eigenvalue weighted by Crippen LogP contribution is 2.40. The molecule has 38 heavy (non-hydrogen) atoms. The Morgan fingerprint density at radius 2 is 1.84 bits per heavy atom. The zero-order valence-corrected chi connectivity index (χ0v) is 21.9. The summed E-state index contributed by atoms with van der Waals surface area (Å²) in [5.41, 5.74) is 1.23. The van der Waals surface area contributed by atoms with Crippen LogP contribution in [0.5, 0.6) is 11.5 Å². The first-order valence-electron chi connectivity index (χ1n) is 13.2. The summed E-state index contributed by atoms with van der Waals surface area (Å²) in [6.45, 7) is 10.9. The van der Waals surface area contributed by atoms with Crippen LogP contribution in [-0.2, 0) is 14.3 Å². The molecule has 0 spiro atoms. The molecule has 1 amide bonds. The minimum absolute atomic E-state index is 0.0776. The number of nitrogens with zero attached hydrogens (tertiary/aromatic N) is 2. The minimum atomic E-state index is -0.714. The molecule has 1 N–H and O–H groups in total. The second kappa shape index (κ2) is 13.3. The Morgan fingerprint density at radius 1 is 1.08 bits per heavy atom. The lowest BCUT2D eigenvalue weighted by molar-refractivity contribution is -0.140. The molecule has 0 saturated carbocycles. The Labute approximate surface area is 224 Å². The molecule has 2 saturated heterocycles. The number of rotatable bonds is 12. The van der Waals surface area contributed by atoms with Crippen molar-refractivity contribution in [1.82, 2.24) is 9.80 Å². The maximum absolute atomic E-state index is 13.3. The minimum Gasteiger partial charge on any atom is -0.507 e. The van der Waals surface area contributed by atoms with Crippen LogP contribution in [-0.4, -0.2) is 79.2 Å². The summed E-state index contributed by atoms with van der Waals surface area (Å²) in [5.74, 6) is -0.262. The van der Waals surface area contributed by atoms with Crippen LogP contribution in [0.15, 0.2) is 66.8 Å². The van der Waals surface area contributed by atoms with Crippen LogP contribution in [0.4, 0.5) is 0 Å². The largest absolute Gasteiger partial charge is 0.507 e. The molecule has 8 heteroatoms. The van der Waals surface area contributed by atoms with Crippen LogP contribution in [0.2, 0.25) is 0 Å². The van der Waals surface area contributed by atoms with Crippen molar-refractivity contribution in [2.75, 3.05) is 52.6 Å². The third-order valence-corrected chi connectivity index (χ3v) is 6.66. The fourth-order valence-electron chi connectivity index (χ4n) is 4.76. The van der Waals surface area contributed by atoms with Gasteiger partial charge < -0.3 is 24.2 Å². The number of carbonyl (C=O) groups excluding carboxylic acids is 2. The van der Waals surface area contributed by atoms with E-state index >= 15 is 0 Å². The van der Waals surface area contributed by atoms with Gasteiger partial charge in [-0.05, 0) is 42.7 Å². The van der Waals surface area contributed by atoms with E-state index in [1.54, 1.807) is 47.4 Å². The molecule has 1 unspecified atom stereocenters. The van der Waals surface area contributed by atoms with Crippen molar-refractivity contribution in [2.45, 2.75) is 25.8 Å². The average Bonchev–Trinajstić information content (AvgIpc) is 3.20. The number of carbonyl (C=O) groups is 2. The van der Waals surface area contributed by atoms with Crippen LogP contribution in [0.3, 0.4) is 0 Å². The molecule has 0 aliphatic carbocycles. The van der Waals surface area contributed by atoms with E-state index in [1.165, 1.54) is 0 Å². The van der Waals surface area contributed by atoms with Gasteiger partial charge in [0.15, 0.2) is 0 Å². The normalized spacial score (nSPS) is 19.5. The summed E-state index contributed by atoms with van der Waals surface area (Å²) >= 11 is 0. The third-order valence-electron chi connectivity index (χ3n) is 6.66. The molecule has 2 heterocycles. The molecule has 8 nitrogen and oxygen atoms in total. The van der Waals surface area contributed by atoms with Crippen LogP contribution in [0, 0.1) is 0 Å². The van der Waals surface area contributed by atoms with Gasteiger partial charge in [-0.1, -0.05) is 43.8 Å². The highest BCUT2D eigenvalue weighted by Gasteiger charge is 2.45. The summed E-state index contributed by atoms with van der Waals surface area (Å²) in [5, 5.41) is 11.4. The summed E-state index contributed by atoms with van der Waals surface area (Å²) < 4.78 is 16.7. The molecule has 0 radical (unpaired) electrons. The maximum Gasteiger partial charge on any atom is 0.295 e. The van der Waals surface area contributed by atoms with Gasteiger partial charge in [0.1, 0.15) is 23.9 Å². The number of ether oxygens (including phenoxy) is 3. The average molecular weight is 521 g/mol. The van der Waals surface area contributed by atoms with Gasteiger partial charge in [-0.3, -0.25) is 14.5 Å². The van der Waals surface area contributed by atoms with Crippen LogP contribution in [0.25, 0.3) is 5.76 Å². The number of likely N-dealkylation sites (tertiary alicyclic amines) is 1. The Balaban J connectivity index is 1.66. The maximum atomic E-state index is 13.3. The highest BCUT2D eigenvalue weighted by molar-refractivity contribution is 6.46. The lowest BCUT2D eigenvalue weighted by Gasteiger charge is -2.29. The Hall–Kier alpha value is -3.62. The first-order valence-corrected chi connectivity index (χ1v) is 13.2. The van der Waals surface area contributed by atoms with Crippen LogP contribution in [0.1, 0.15) is 36.9 Å². The Morgan fingerprint density at radius 3 is 2.55 bits per heavy atom. The topological polar surface area (TPSA) is 88.5 Å². The van der Waals surface area contributed by atoms with Crippen molar-refractivity contribution < 1.29 is 28.9 Å². The van der Waals surface area contributed by atoms with Gasteiger partial charge in [-0.2, -0.15) is 0 Å². The van der Waals surface area contributed by atoms with Crippen LogP contribution < -0.4 is 9.47 Å². The summed E-state index contributed by atoms with van der Waals surface area (Å²) in [7, 11) is 0. The quantitative estimate of drug-likeness (QED) is 0.194. The molecule has 2 aliphatic heterocycles. The van der Waals surface area contributed by atoms with Crippen molar-refractivity contribution in [3.63, 3.8) is 0 Å². The predicted octanol–water partition coefficient (Wildman–Crippen LogP) is 4.18. The predicted molar refractivity (Wildman–Crippen MR) is 145 cm³/mol. The zero-order chi connectivity index (χ0) is 26.9. The van der Waals surface area contributed by atoms with E-state index < -0.39 is 17.7 Å². The molecular formula is C30H36N2O6. The van der Waals surface area contributed by atoms with E-state index in [4.69, 9.17) is 14.2 Å². The van der Waals surface area contributed by atoms with E-state index in [9.17, 15) is 14.7 Å². The number of hydrogen-bond donors (Lipinski definition) is 1. The van der Waals surface area contributed by atoms with Gasteiger partial charge in [0.2, 0.25) is 0 Å². The number of amides is 1. The fourth-order valence-corrected chi connectivity index (χ4v) is 4.76. The zero-order valence-electron chi connectivity index (χ0n) is 21.9. The van der Waals surface area contributed by atoms with Crippen molar-refractivity contribution >= 4 is 17.4 Å². The SMILES string of the molecule is C=CCOc1ccc(C2C(=C(O)c3cccc(OCCC)c3)C(=O)C(=O)N2CCCN2CCOCC2)cc1. The van der Waals surface area contributed by atoms with E-state index in [2.05, 4.69) is 11.5 Å². The van der Waals surface area contributed by atoms with Crippen molar-refractivity contribution in [1.29, 1.82) is 0 Å².